The fraction of sp³-hybridized carbons (Fsp3) is 0.333. The molecule has 0 bridgehead atoms. The monoisotopic (exact) mass is 179 g/mol. The van der Waals surface area contributed by atoms with Gasteiger partial charge in [0.1, 0.15) is 0 Å². The number of hydroxylamine groups is 2. The zero-order chi connectivity index (χ0) is 9.59. The van der Waals surface area contributed by atoms with Crippen LogP contribution in [-0.4, -0.2) is 22.1 Å². The Morgan fingerprint density at radius 3 is 2.69 bits per heavy atom. The highest BCUT2D eigenvalue weighted by molar-refractivity contribution is 6.23. The van der Waals surface area contributed by atoms with Gasteiger partial charge in [-0.1, -0.05) is 19.1 Å². The molecule has 68 valence electrons. The molecule has 0 aromatic heterocycles. The van der Waals surface area contributed by atoms with Gasteiger partial charge in [0.15, 0.2) is 0 Å². The highest BCUT2D eigenvalue weighted by Crippen LogP contribution is 2.30. The Morgan fingerprint density at radius 1 is 1.38 bits per heavy atom. The van der Waals surface area contributed by atoms with Gasteiger partial charge in [-0.25, -0.2) is 0 Å². The standard InChI is InChI=1S/C9H9NO3/c1-5-2-3-6-7(4-5)9(12)10(13)8(6)11/h3-5,13H,2H2,1H3. The number of amides is 2. The third-order valence-electron chi connectivity index (χ3n) is 2.28. The first kappa shape index (κ1) is 8.19. The van der Waals surface area contributed by atoms with E-state index < -0.39 is 11.8 Å². The smallest absolute Gasteiger partial charge is 0.278 e. The van der Waals surface area contributed by atoms with Gasteiger partial charge in [-0.2, -0.15) is 0 Å². The molecule has 1 N–H and O–H groups in total. The lowest BCUT2D eigenvalue weighted by Gasteiger charge is -2.09. The average Bonchev–Trinajstić information content (AvgIpc) is 2.32. The normalized spacial score (nSPS) is 27.2. The molecule has 0 aromatic rings. The molecular weight excluding hydrogens is 170 g/mol. The molecule has 1 fully saturated rings. The van der Waals surface area contributed by atoms with Crippen LogP contribution in [0.2, 0.25) is 0 Å². The van der Waals surface area contributed by atoms with Crippen molar-refractivity contribution in [2.24, 2.45) is 5.92 Å². The number of hydrogen-bond donors (Lipinski definition) is 1. The fourth-order valence-corrected chi connectivity index (χ4v) is 1.57. The molecule has 1 aliphatic heterocycles. The first-order valence-corrected chi connectivity index (χ1v) is 4.11. The summed E-state index contributed by atoms with van der Waals surface area (Å²) in [6.07, 6.45) is 4.17. The second kappa shape index (κ2) is 2.53. The van der Waals surface area contributed by atoms with Gasteiger partial charge in [-0.15, -0.1) is 5.06 Å². The molecule has 0 spiro atoms. The van der Waals surface area contributed by atoms with Crippen LogP contribution >= 0.6 is 0 Å². The van der Waals surface area contributed by atoms with Crippen LogP contribution in [-0.2, 0) is 9.59 Å². The summed E-state index contributed by atoms with van der Waals surface area (Å²) in [7, 11) is 0. The van der Waals surface area contributed by atoms with Crippen molar-refractivity contribution in [3.05, 3.63) is 23.3 Å². The SMILES string of the molecule is CC1C=C2C(=O)N(O)C(=O)C2=CC1. The number of rotatable bonds is 0. The van der Waals surface area contributed by atoms with E-state index in [0.717, 1.165) is 6.42 Å². The first-order valence-electron chi connectivity index (χ1n) is 4.11. The van der Waals surface area contributed by atoms with Crippen molar-refractivity contribution in [1.82, 2.24) is 5.06 Å². The largest absolute Gasteiger partial charge is 0.285 e. The molecule has 13 heavy (non-hydrogen) atoms. The Morgan fingerprint density at radius 2 is 2.00 bits per heavy atom. The van der Waals surface area contributed by atoms with Crippen molar-refractivity contribution >= 4 is 11.8 Å². The Bertz CT molecular complexity index is 354. The summed E-state index contributed by atoms with van der Waals surface area (Å²) in [6.45, 7) is 1.96. The third kappa shape index (κ3) is 1.02. The molecule has 0 aromatic carbocycles. The average molecular weight is 179 g/mol. The minimum absolute atomic E-state index is 0.176. The van der Waals surface area contributed by atoms with Gasteiger partial charge in [-0.05, 0) is 12.3 Å². The van der Waals surface area contributed by atoms with Crippen molar-refractivity contribution in [1.29, 1.82) is 0 Å². The van der Waals surface area contributed by atoms with E-state index in [1.165, 1.54) is 0 Å². The summed E-state index contributed by atoms with van der Waals surface area (Å²) in [6, 6.07) is 0. The predicted molar refractivity (Wildman–Crippen MR) is 43.6 cm³/mol. The lowest BCUT2D eigenvalue weighted by molar-refractivity contribution is -0.168. The first-order chi connectivity index (χ1) is 6.11. The van der Waals surface area contributed by atoms with E-state index in [-0.39, 0.29) is 11.0 Å². The number of carbonyl (C=O) groups excluding carboxylic acids is 2. The Balaban J connectivity index is 2.49. The summed E-state index contributed by atoms with van der Waals surface area (Å²) in [5, 5.41) is 9.21. The predicted octanol–water partition coefficient (Wildman–Crippen LogP) is 0.637. The highest BCUT2D eigenvalue weighted by Gasteiger charge is 2.39. The Labute approximate surface area is 75.1 Å². The Kier molecular flexibility index (Phi) is 1.60. The van der Waals surface area contributed by atoms with E-state index in [1.54, 1.807) is 12.2 Å². The fourth-order valence-electron chi connectivity index (χ4n) is 1.57. The van der Waals surface area contributed by atoms with Gasteiger partial charge < -0.3 is 0 Å². The summed E-state index contributed by atoms with van der Waals surface area (Å²) in [5.41, 5.74) is 0.678. The summed E-state index contributed by atoms with van der Waals surface area (Å²) in [5.74, 6) is -0.965. The number of imide groups is 1. The summed E-state index contributed by atoms with van der Waals surface area (Å²) >= 11 is 0. The van der Waals surface area contributed by atoms with Crippen LogP contribution in [0.15, 0.2) is 23.3 Å². The maximum Gasteiger partial charge on any atom is 0.285 e. The number of nitrogens with zero attached hydrogens (tertiary/aromatic N) is 1. The van der Waals surface area contributed by atoms with Crippen LogP contribution in [0.3, 0.4) is 0 Å². The van der Waals surface area contributed by atoms with Crippen LogP contribution in [0.1, 0.15) is 13.3 Å². The van der Waals surface area contributed by atoms with Gasteiger partial charge in [-0.3, -0.25) is 14.8 Å². The molecule has 1 unspecified atom stereocenters. The molecular formula is C9H9NO3. The van der Waals surface area contributed by atoms with Gasteiger partial charge in [0.2, 0.25) is 0 Å². The molecule has 1 saturated heterocycles. The minimum atomic E-state index is -0.609. The third-order valence-corrected chi connectivity index (χ3v) is 2.28. The second-order valence-corrected chi connectivity index (χ2v) is 3.33. The Hall–Kier alpha value is -1.42. The number of carbonyl (C=O) groups is 2. The lowest BCUT2D eigenvalue weighted by atomic mass is 9.93. The number of hydrogen-bond acceptors (Lipinski definition) is 3. The van der Waals surface area contributed by atoms with E-state index in [4.69, 9.17) is 5.21 Å². The van der Waals surface area contributed by atoms with E-state index in [1.807, 2.05) is 6.92 Å². The molecule has 4 heteroatoms. The molecule has 2 amide bonds. The molecule has 1 aliphatic carbocycles. The maximum atomic E-state index is 11.2. The van der Waals surface area contributed by atoms with E-state index in [9.17, 15) is 9.59 Å². The molecule has 0 radical (unpaired) electrons. The van der Waals surface area contributed by atoms with Crippen molar-refractivity contribution in [2.75, 3.05) is 0 Å². The van der Waals surface area contributed by atoms with Gasteiger partial charge in [0.25, 0.3) is 11.8 Å². The van der Waals surface area contributed by atoms with Gasteiger partial charge >= 0.3 is 0 Å². The lowest BCUT2D eigenvalue weighted by Crippen LogP contribution is -2.24. The van der Waals surface area contributed by atoms with Crippen molar-refractivity contribution in [3.8, 4) is 0 Å². The van der Waals surface area contributed by atoms with Crippen molar-refractivity contribution in [3.63, 3.8) is 0 Å². The van der Waals surface area contributed by atoms with Gasteiger partial charge in [0, 0.05) is 0 Å². The quantitative estimate of drug-likeness (QED) is 0.438. The zero-order valence-electron chi connectivity index (χ0n) is 7.15. The topological polar surface area (TPSA) is 57.6 Å². The molecule has 1 atom stereocenters. The molecule has 4 nitrogen and oxygen atoms in total. The number of fused-ring (bicyclic) bond motifs is 1. The van der Waals surface area contributed by atoms with E-state index >= 15 is 0 Å². The van der Waals surface area contributed by atoms with Gasteiger partial charge in [0.05, 0.1) is 11.1 Å². The van der Waals surface area contributed by atoms with Crippen molar-refractivity contribution < 1.29 is 14.8 Å². The maximum absolute atomic E-state index is 11.2. The van der Waals surface area contributed by atoms with Crippen molar-refractivity contribution in [2.45, 2.75) is 13.3 Å². The molecule has 0 saturated carbocycles. The van der Waals surface area contributed by atoms with E-state index in [2.05, 4.69) is 0 Å². The summed E-state index contributed by atoms with van der Waals surface area (Å²) < 4.78 is 0. The van der Waals surface area contributed by atoms with Crippen LogP contribution < -0.4 is 0 Å². The number of allylic oxidation sites excluding steroid dienone is 2. The molecule has 2 aliphatic rings. The molecule has 2 rings (SSSR count). The van der Waals surface area contributed by atoms with Crippen LogP contribution in [0.25, 0.3) is 0 Å². The van der Waals surface area contributed by atoms with Crippen LogP contribution in [0.5, 0.6) is 0 Å². The zero-order valence-corrected chi connectivity index (χ0v) is 7.15. The summed E-state index contributed by atoms with van der Waals surface area (Å²) in [4.78, 5) is 22.4. The van der Waals surface area contributed by atoms with Crippen LogP contribution in [0.4, 0.5) is 0 Å². The highest BCUT2D eigenvalue weighted by atomic mass is 16.5. The minimum Gasteiger partial charge on any atom is -0.278 e. The second-order valence-electron chi connectivity index (χ2n) is 3.33. The molecule has 1 heterocycles. The van der Waals surface area contributed by atoms with E-state index in [0.29, 0.717) is 11.1 Å². The van der Waals surface area contributed by atoms with Crippen LogP contribution in [0, 0.1) is 5.92 Å².